The van der Waals surface area contributed by atoms with Crippen LogP contribution in [0.1, 0.15) is 26.7 Å². The number of carbonyl (C=O) groups excluding carboxylic acids is 3. The molecule has 1 aromatic rings. The van der Waals surface area contributed by atoms with Crippen molar-refractivity contribution in [2.24, 2.45) is 5.92 Å². The summed E-state index contributed by atoms with van der Waals surface area (Å²) in [5, 5.41) is 0.525. The Bertz CT molecular complexity index is 708. The van der Waals surface area contributed by atoms with E-state index in [1.54, 1.807) is 31.4 Å². The SMILES string of the molecule is CCC(CC)C(=O)N(CCOC)CC(=O)N1CC(=O)N(c2cccc(Cl)c2)C1. The Labute approximate surface area is 171 Å². The molecular formula is C20H28ClN3O4. The van der Waals surface area contributed by atoms with Gasteiger partial charge in [-0.3, -0.25) is 19.3 Å². The second-order valence-corrected chi connectivity index (χ2v) is 7.24. The maximum absolute atomic E-state index is 12.8. The number of rotatable bonds is 9. The number of anilines is 1. The fraction of sp³-hybridized carbons (Fsp3) is 0.550. The zero-order valence-electron chi connectivity index (χ0n) is 16.7. The molecule has 1 aliphatic rings. The van der Waals surface area contributed by atoms with E-state index >= 15 is 0 Å². The van der Waals surface area contributed by atoms with E-state index in [2.05, 4.69) is 0 Å². The van der Waals surface area contributed by atoms with Gasteiger partial charge in [-0.25, -0.2) is 0 Å². The molecule has 2 rings (SSSR count). The maximum Gasteiger partial charge on any atom is 0.248 e. The molecule has 1 saturated heterocycles. The molecule has 8 heteroatoms. The van der Waals surface area contributed by atoms with Crippen molar-refractivity contribution in [3.05, 3.63) is 29.3 Å². The third-order valence-electron chi connectivity index (χ3n) is 4.95. The molecule has 154 valence electrons. The fourth-order valence-corrected chi connectivity index (χ4v) is 3.40. The number of hydrogen-bond acceptors (Lipinski definition) is 4. The van der Waals surface area contributed by atoms with Crippen molar-refractivity contribution in [3.63, 3.8) is 0 Å². The van der Waals surface area contributed by atoms with E-state index in [9.17, 15) is 14.4 Å². The molecule has 0 spiro atoms. The normalized spacial score (nSPS) is 14.1. The van der Waals surface area contributed by atoms with E-state index in [1.165, 1.54) is 14.7 Å². The van der Waals surface area contributed by atoms with Crippen LogP contribution in [0.4, 0.5) is 5.69 Å². The lowest BCUT2D eigenvalue weighted by Gasteiger charge is -2.27. The average molecular weight is 410 g/mol. The van der Waals surface area contributed by atoms with Crippen molar-refractivity contribution in [1.82, 2.24) is 9.80 Å². The van der Waals surface area contributed by atoms with Crippen LogP contribution in [0.5, 0.6) is 0 Å². The number of amides is 3. The standard InChI is InChI=1S/C20H28ClN3O4/c1-4-15(5-2)20(27)22(9-10-28-3)12-18(25)23-13-19(26)24(14-23)17-8-6-7-16(21)11-17/h6-8,11,15H,4-5,9-10,12-14H2,1-3H3. The molecular weight excluding hydrogens is 382 g/mol. The molecule has 1 fully saturated rings. The molecule has 0 N–H and O–H groups in total. The third-order valence-corrected chi connectivity index (χ3v) is 5.18. The number of nitrogens with zero attached hydrogens (tertiary/aromatic N) is 3. The van der Waals surface area contributed by atoms with Crippen LogP contribution in [0.3, 0.4) is 0 Å². The van der Waals surface area contributed by atoms with Crippen molar-refractivity contribution in [3.8, 4) is 0 Å². The van der Waals surface area contributed by atoms with E-state index in [0.717, 1.165) is 12.8 Å². The van der Waals surface area contributed by atoms with E-state index in [1.807, 2.05) is 13.8 Å². The van der Waals surface area contributed by atoms with E-state index in [-0.39, 0.29) is 43.4 Å². The molecule has 1 aromatic carbocycles. The number of methoxy groups -OCH3 is 1. The smallest absolute Gasteiger partial charge is 0.248 e. The van der Waals surface area contributed by atoms with Gasteiger partial charge in [-0.2, -0.15) is 0 Å². The highest BCUT2D eigenvalue weighted by molar-refractivity contribution is 6.31. The number of benzene rings is 1. The minimum atomic E-state index is -0.256. The highest BCUT2D eigenvalue weighted by Gasteiger charge is 2.33. The van der Waals surface area contributed by atoms with Gasteiger partial charge in [0.25, 0.3) is 0 Å². The van der Waals surface area contributed by atoms with E-state index in [0.29, 0.717) is 23.9 Å². The summed E-state index contributed by atoms with van der Waals surface area (Å²) >= 11 is 6.00. The van der Waals surface area contributed by atoms with Gasteiger partial charge in [0, 0.05) is 30.3 Å². The van der Waals surface area contributed by atoms with Crippen LogP contribution in [0.2, 0.25) is 5.02 Å². The van der Waals surface area contributed by atoms with Crippen molar-refractivity contribution in [1.29, 1.82) is 0 Å². The average Bonchev–Trinajstić information content (AvgIpc) is 3.07. The molecule has 28 heavy (non-hydrogen) atoms. The van der Waals surface area contributed by atoms with Crippen LogP contribution >= 0.6 is 11.6 Å². The first-order chi connectivity index (χ1) is 13.4. The van der Waals surface area contributed by atoms with Crippen LogP contribution in [0, 0.1) is 5.92 Å². The fourth-order valence-electron chi connectivity index (χ4n) is 3.21. The summed E-state index contributed by atoms with van der Waals surface area (Å²) in [5.74, 6) is -0.598. The minimum Gasteiger partial charge on any atom is -0.383 e. The summed E-state index contributed by atoms with van der Waals surface area (Å²) in [4.78, 5) is 42.5. The first-order valence-corrected chi connectivity index (χ1v) is 9.90. The summed E-state index contributed by atoms with van der Waals surface area (Å²) in [5.41, 5.74) is 0.650. The quantitative estimate of drug-likeness (QED) is 0.627. The molecule has 1 heterocycles. The Hall–Kier alpha value is -2.12. The third kappa shape index (κ3) is 5.45. The maximum atomic E-state index is 12.8. The zero-order chi connectivity index (χ0) is 20.7. The van der Waals surface area contributed by atoms with Gasteiger partial charge in [-0.1, -0.05) is 31.5 Å². The second-order valence-electron chi connectivity index (χ2n) is 6.80. The predicted molar refractivity (Wildman–Crippen MR) is 108 cm³/mol. The van der Waals surface area contributed by atoms with Gasteiger partial charge >= 0.3 is 0 Å². The molecule has 0 bridgehead atoms. The molecule has 0 aliphatic carbocycles. The monoisotopic (exact) mass is 409 g/mol. The predicted octanol–water partition coefficient (Wildman–Crippen LogP) is 2.38. The minimum absolute atomic E-state index is 0.0113. The highest BCUT2D eigenvalue weighted by Crippen LogP contribution is 2.23. The summed E-state index contributed by atoms with van der Waals surface area (Å²) in [6.07, 6.45) is 1.44. The van der Waals surface area contributed by atoms with Crippen LogP contribution in [0.15, 0.2) is 24.3 Å². The Morgan fingerprint density at radius 1 is 1.29 bits per heavy atom. The van der Waals surface area contributed by atoms with Gasteiger partial charge in [-0.05, 0) is 31.0 Å². The van der Waals surface area contributed by atoms with Crippen molar-refractivity contribution in [2.75, 3.05) is 44.9 Å². The van der Waals surface area contributed by atoms with Gasteiger partial charge in [0.15, 0.2) is 0 Å². The molecule has 0 aromatic heterocycles. The lowest BCUT2D eigenvalue weighted by Crippen LogP contribution is -2.45. The largest absolute Gasteiger partial charge is 0.383 e. The van der Waals surface area contributed by atoms with Crippen LogP contribution in [-0.4, -0.2) is 67.5 Å². The first-order valence-electron chi connectivity index (χ1n) is 9.52. The Kier molecular flexibility index (Phi) is 8.26. The first kappa shape index (κ1) is 22.2. The van der Waals surface area contributed by atoms with Gasteiger partial charge < -0.3 is 14.5 Å². The number of carbonyl (C=O) groups is 3. The molecule has 1 aliphatic heterocycles. The lowest BCUT2D eigenvalue weighted by molar-refractivity contribution is -0.143. The van der Waals surface area contributed by atoms with Crippen molar-refractivity contribution >= 4 is 35.0 Å². The molecule has 0 unspecified atom stereocenters. The number of hydrogen-bond donors (Lipinski definition) is 0. The van der Waals surface area contributed by atoms with Crippen molar-refractivity contribution < 1.29 is 19.1 Å². The molecule has 0 atom stereocenters. The molecule has 0 radical (unpaired) electrons. The molecule has 7 nitrogen and oxygen atoms in total. The van der Waals surface area contributed by atoms with Crippen LogP contribution < -0.4 is 4.90 Å². The number of ether oxygens (including phenoxy) is 1. The highest BCUT2D eigenvalue weighted by atomic mass is 35.5. The van der Waals surface area contributed by atoms with E-state index < -0.39 is 0 Å². The van der Waals surface area contributed by atoms with Crippen LogP contribution in [-0.2, 0) is 19.1 Å². The summed E-state index contributed by atoms with van der Waals surface area (Å²) < 4.78 is 5.09. The molecule has 0 saturated carbocycles. The van der Waals surface area contributed by atoms with Crippen LogP contribution in [0.25, 0.3) is 0 Å². The topological polar surface area (TPSA) is 70.2 Å². The Morgan fingerprint density at radius 2 is 2.00 bits per heavy atom. The number of halogens is 1. The van der Waals surface area contributed by atoms with Gasteiger partial charge in [0.1, 0.15) is 13.2 Å². The second kappa shape index (κ2) is 10.4. The Balaban J connectivity index is 2.06. The van der Waals surface area contributed by atoms with E-state index in [4.69, 9.17) is 16.3 Å². The zero-order valence-corrected chi connectivity index (χ0v) is 17.4. The Morgan fingerprint density at radius 3 is 2.61 bits per heavy atom. The van der Waals surface area contributed by atoms with Crippen molar-refractivity contribution in [2.45, 2.75) is 26.7 Å². The van der Waals surface area contributed by atoms with Gasteiger partial charge in [0.05, 0.1) is 13.2 Å². The molecule has 3 amide bonds. The summed E-state index contributed by atoms with van der Waals surface area (Å²) in [7, 11) is 1.56. The summed E-state index contributed by atoms with van der Waals surface area (Å²) in [6, 6.07) is 6.95. The summed E-state index contributed by atoms with van der Waals surface area (Å²) in [6.45, 7) is 4.70. The van der Waals surface area contributed by atoms with Gasteiger partial charge in [-0.15, -0.1) is 0 Å². The lowest BCUT2D eigenvalue weighted by atomic mass is 10.0. The van der Waals surface area contributed by atoms with Gasteiger partial charge in [0.2, 0.25) is 17.7 Å².